The molecule has 1 aliphatic carbocycles. The summed E-state index contributed by atoms with van der Waals surface area (Å²) >= 11 is 0. The second-order valence-electron chi connectivity index (χ2n) is 5.12. The molecule has 2 rings (SSSR count). The number of amides is 1. The second kappa shape index (κ2) is 7.06. The predicted octanol–water partition coefficient (Wildman–Crippen LogP) is 2.10. The van der Waals surface area contributed by atoms with Gasteiger partial charge in [-0.2, -0.15) is 0 Å². The van der Waals surface area contributed by atoms with Gasteiger partial charge in [0, 0.05) is 18.5 Å². The molecule has 0 atom stereocenters. The van der Waals surface area contributed by atoms with Gasteiger partial charge in [-0.25, -0.2) is 4.79 Å². The number of rotatable bonds is 5. The van der Waals surface area contributed by atoms with Crippen molar-refractivity contribution in [3.63, 3.8) is 0 Å². The van der Waals surface area contributed by atoms with Crippen LogP contribution in [0.2, 0.25) is 0 Å². The molecular weight excluding hydrogens is 272 g/mol. The Morgan fingerprint density at radius 1 is 1.43 bits per heavy atom. The molecule has 0 unspecified atom stereocenters. The molecule has 1 N–H and O–H groups in total. The number of hydrogen-bond donors (Lipinski definition) is 1. The zero-order valence-corrected chi connectivity index (χ0v) is 12.3. The standard InChI is InChI=1S/C15H20N2O4/c1-10-13(14(17-21-10)11-6-3-4-7-11)15(19)16-9-5-8-12(18)20-2/h5,8,11H,3-4,6-7,9H2,1-2H3,(H,16,19)/b8-5+. The molecular formula is C15H20N2O4. The van der Waals surface area contributed by atoms with Crippen molar-refractivity contribution in [3.05, 3.63) is 29.2 Å². The number of nitrogens with zero attached hydrogens (tertiary/aromatic N) is 1. The summed E-state index contributed by atoms with van der Waals surface area (Å²) in [6.07, 6.45) is 7.25. The van der Waals surface area contributed by atoms with E-state index in [9.17, 15) is 9.59 Å². The highest BCUT2D eigenvalue weighted by Gasteiger charge is 2.28. The highest BCUT2D eigenvalue weighted by molar-refractivity contribution is 5.96. The summed E-state index contributed by atoms with van der Waals surface area (Å²) in [5.74, 6) is 0.183. The van der Waals surface area contributed by atoms with Crippen LogP contribution < -0.4 is 5.32 Å². The van der Waals surface area contributed by atoms with Gasteiger partial charge in [0.05, 0.1) is 12.8 Å². The van der Waals surface area contributed by atoms with Gasteiger partial charge in [-0.05, 0) is 19.8 Å². The molecule has 21 heavy (non-hydrogen) atoms. The van der Waals surface area contributed by atoms with Crippen LogP contribution >= 0.6 is 0 Å². The number of methoxy groups -OCH3 is 1. The molecule has 1 saturated carbocycles. The fraction of sp³-hybridized carbons (Fsp3) is 0.533. The Bertz CT molecular complexity index is 542. The van der Waals surface area contributed by atoms with Crippen molar-refractivity contribution in [1.82, 2.24) is 10.5 Å². The summed E-state index contributed by atoms with van der Waals surface area (Å²) < 4.78 is 9.66. The van der Waals surface area contributed by atoms with Gasteiger partial charge < -0.3 is 14.6 Å². The number of aryl methyl sites for hydroxylation is 1. The number of esters is 1. The normalized spacial score (nSPS) is 15.5. The first kappa shape index (κ1) is 15.3. The topological polar surface area (TPSA) is 81.4 Å². The van der Waals surface area contributed by atoms with Gasteiger partial charge in [0.1, 0.15) is 11.3 Å². The minimum Gasteiger partial charge on any atom is -0.466 e. The van der Waals surface area contributed by atoms with Crippen LogP contribution in [-0.2, 0) is 9.53 Å². The van der Waals surface area contributed by atoms with E-state index in [1.165, 1.54) is 26.0 Å². The minimum absolute atomic E-state index is 0.217. The van der Waals surface area contributed by atoms with E-state index in [0.717, 1.165) is 18.5 Å². The van der Waals surface area contributed by atoms with Crippen molar-refractivity contribution in [3.8, 4) is 0 Å². The maximum atomic E-state index is 12.3. The van der Waals surface area contributed by atoms with Crippen molar-refractivity contribution >= 4 is 11.9 Å². The fourth-order valence-electron chi connectivity index (χ4n) is 2.61. The average molecular weight is 292 g/mol. The van der Waals surface area contributed by atoms with Crippen LogP contribution in [0.4, 0.5) is 0 Å². The maximum Gasteiger partial charge on any atom is 0.330 e. The van der Waals surface area contributed by atoms with Crippen molar-refractivity contribution in [2.75, 3.05) is 13.7 Å². The van der Waals surface area contributed by atoms with Crippen LogP contribution in [0.5, 0.6) is 0 Å². The Labute approximate surface area is 123 Å². The number of aromatic nitrogens is 1. The summed E-state index contributed by atoms with van der Waals surface area (Å²) in [4.78, 5) is 23.2. The molecule has 1 amide bonds. The van der Waals surface area contributed by atoms with Crippen LogP contribution in [0.15, 0.2) is 16.7 Å². The predicted molar refractivity (Wildman–Crippen MR) is 75.9 cm³/mol. The summed E-state index contributed by atoms with van der Waals surface area (Å²) in [6, 6.07) is 0. The van der Waals surface area contributed by atoms with E-state index < -0.39 is 5.97 Å². The van der Waals surface area contributed by atoms with Gasteiger partial charge in [-0.3, -0.25) is 4.79 Å². The van der Waals surface area contributed by atoms with E-state index in [4.69, 9.17) is 4.52 Å². The number of ether oxygens (including phenoxy) is 1. The van der Waals surface area contributed by atoms with Gasteiger partial charge in [0.25, 0.3) is 5.91 Å². The fourth-order valence-corrected chi connectivity index (χ4v) is 2.61. The van der Waals surface area contributed by atoms with E-state index in [1.54, 1.807) is 13.0 Å². The van der Waals surface area contributed by atoms with Gasteiger partial charge >= 0.3 is 5.97 Å². The average Bonchev–Trinajstić information content (AvgIpc) is 3.11. The van der Waals surface area contributed by atoms with E-state index >= 15 is 0 Å². The minimum atomic E-state index is -0.447. The van der Waals surface area contributed by atoms with E-state index in [0.29, 0.717) is 17.2 Å². The van der Waals surface area contributed by atoms with Crippen molar-refractivity contribution in [2.24, 2.45) is 0 Å². The van der Waals surface area contributed by atoms with Crippen LogP contribution in [0.3, 0.4) is 0 Å². The summed E-state index contributed by atoms with van der Waals surface area (Å²) in [5.41, 5.74) is 1.30. The van der Waals surface area contributed by atoms with Crippen LogP contribution in [0.25, 0.3) is 0 Å². The Balaban J connectivity index is 2.00. The van der Waals surface area contributed by atoms with Crippen LogP contribution in [-0.4, -0.2) is 30.7 Å². The zero-order valence-electron chi connectivity index (χ0n) is 12.3. The second-order valence-corrected chi connectivity index (χ2v) is 5.12. The molecule has 0 radical (unpaired) electrons. The third-order valence-corrected chi connectivity index (χ3v) is 3.69. The van der Waals surface area contributed by atoms with Gasteiger partial charge in [-0.1, -0.05) is 24.1 Å². The first-order chi connectivity index (χ1) is 10.1. The molecule has 0 aromatic carbocycles. The quantitative estimate of drug-likeness (QED) is 0.664. The van der Waals surface area contributed by atoms with Gasteiger partial charge in [0.2, 0.25) is 0 Å². The molecule has 6 heteroatoms. The van der Waals surface area contributed by atoms with Crippen molar-refractivity contribution in [1.29, 1.82) is 0 Å². The third-order valence-electron chi connectivity index (χ3n) is 3.69. The summed E-state index contributed by atoms with van der Waals surface area (Å²) in [6.45, 7) is 1.99. The maximum absolute atomic E-state index is 12.3. The molecule has 0 saturated heterocycles. The van der Waals surface area contributed by atoms with Crippen molar-refractivity contribution < 1.29 is 18.8 Å². The molecule has 1 aromatic heterocycles. The number of hydrogen-bond acceptors (Lipinski definition) is 5. The number of carbonyl (C=O) groups excluding carboxylic acids is 2. The molecule has 1 aliphatic rings. The van der Waals surface area contributed by atoms with Crippen molar-refractivity contribution in [2.45, 2.75) is 38.5 Å². The number of nitrogens with one attached hydrogen (secondary N) is 1. The van der Waals surface area contributed by atoms with Gasteiger partial charge in [-0.15, -0.1) is 0 Å². The Kier molecular flexibility index (Phi) is 5.14. The molecule has 6 nitrogen and oxygen atoms in total. The lowest BCUT2D eigenvalue weighted by Crippen LogP contribution is -2.25. The van der Waals surface area contributed by atoms with Crippen LogP contribution in [0.1, 0.15) is 53.4 Å². The Morgan fingerprint density at radius 2 is 2.14 bits per heavy atom. The van der Waals surface area contributed by atoms with E-state index in [1.807, 2.05) is 0 Å². The zero-order chi connectivity index (χ0) is 15.2. The third kappa shape index (κ3) is 3.71. The lowest BCUT2D eigenvalue weighted by Gasteiger charge is -2.08. The first-order valence-electron chi connectivity index (χ1n) is 7.12. The molecule has 1 aromatic rings. The molecule has 0 aliphatic heterocycles. The highest BCUT2D eigenvalue weighted by Crippen LogP contribution is 2.35. The van der Waals surface area contributed by atoms with Gasteiger partial charge in [0.15, 0.2) is 0 Å². The summed E-state index contributed by atoms with van der Waals surface area (Å²) in [7, 11) is 1.31. The molecule has 114 valence electrons. The molecule has 1 fully saturated rings. The Morgan fingerprint density at radius 3 is 2.81 bits per heavy atom. The largest absolute Gasteiger partial charge is 0.466 e. The highest BCUT2D eigenvalue weighted by atomic mass is 16.5. The molecule has 0 bridgehead atoms. The van der Waals surface area contributed by atoms with E-state index in [2.05, 4.69) is 15.2 Å². The lowest BCUT2D eigenvalue weighted by molar-refractivity contribution is -0.134. The van der Waals surface area contributed by atoms with E-state index in [-0.39, 0.29) is 12.5 Å². The molecule has 1 heterocycles. The SMILES string of the molecule is COC(=O)/C=C/CNC(=O)c1c(C2CCCC2)noc1C. The van der Waals surface area contributed by atoms with Crippen LogP contribution in [0, 0.1) is 6.92 Å². The lowest BCUT2D eigenvalue weighted by atomic mass is 9.98. The first-order valence-corrected chi connectivity index (χ1v) is 7.12. The number of carbonyl (C=O) groups is 2. The monoisotopic (exact) mass is 292 g/mol. The molecule has 0 spiro atoms. The summed E-state index contributed by atoms with van der Waals surface area (Å²) in [5, 5.41) is 6.80. The smallest absolute Gasteiger partial charge is 0.330 e. The Hall–Kier alpha value is -2.11.